The summed E-state index contributed by atoms with van der Waals surface area (Å²) in [4.78, 5) is 7.11. The minimum Gasteiger partial charge on any atom is -0.495 e. The van der Waals surface area contributed by atoms with Crippen molar-refractivity contribution in [3.63, 3.8) is 0 Å². The molecular formula is C13H9F3N4O. The molecule has 0 fully saturated rings. The molecule has 0 radical (unpaired) electrons. The standard InChI is InChI=1S/C13H9F3N4O/c1-21-10-6-8(7-17)2-3-9(10)19-12-18-5-4-11(20-12)13(14,15)16/h2-6H,1H3,(H,18,19,20). The number of halogens is 3. The lowest BCUT2D eigenvalue weighted by Gasteiger charge is -2.11. The topological polar surface area (TPSA) is 70.8 Å². The van der Waals surface area contributed by atoms with Crippen molar-refractivity contribution in [2.45, 2.75) is 6.18 Å². The highest BCUT2D eigenvalue weighted by molar-refractivity contribution is 5.64. The summed E-state index contributed by atoms with van der Waals surface area (Å²) in [6.07, 6.45) is -3.54. The Morgan fingerprint density at radius 1 is 1.29 bits per heavy atom. The van der Waals surface area contributed by atoms with Gasteiger partial charge < -0.3 is 10.1 Å². The van der Waals surface area contributed by atoms with Crippen LogP contribution in [0.2, 0.25) is 0 Å². The SMILES string of the molecule is COc1cc(C#N)ccc1Nc1nccc(C(F)(F)F)n1. The fourth-order valence-corrected chi connectivity index (χ4v) is 1.56. The van der Waals surface area contributed by atoms with Crippen molar-refractivity contribution in [2.75, 3.05) is 12.4 Å². The van der Waals surface area contributed by atoms with E-state index in [0.717, 1.165) is 12.3 Å². The van der Waals surface area contributed by atoms with E-state index >= 15 is 0 Å². The van der Waals surface area contributed by atoms with Crippen LogP contribution < -0.4 is 10.1 Å². The molecule has 2 aromatic rings. The molecule has 0 aliphatic rings. The third-order valence-corrected chi connectivity index (χ3v) is 2.52. The smallest absolute Gasteiger partial charge is 0.433 e. The molecule has 2 rings (SSSR count). The first-order valence-corrected chi connectivity index (χ1v) is 5.69. The third-order valence-electron chi connectivity index (χ3n) is 2.52. The Hall–Kier alpha value is -2.82. The highest BCUT2D eigenvalue weighted by Gasteiger charge is 2.32. The summed E-state index contributed by atoms with van der Waals surface area (Å²) in [5.74, 6) is 0.0860. The number of hydrogen-bond acceptors (Lipinski definition) is 5. The molecule has 0 saturated carbocycles. The number of rotatable bonds is 3. The van der Waals surface area contributed by atoms with Gasteiger partial charge in [0, 0.05) is 12.3 Å². The predicted octanol–water partition coefficient (Wildman–Crippen LogP) is 3.12. The van der Waals surface area contributed by atoms with E-state index < -0.39 is 11.9 Å². The maximum absolute atomic E-state index is 12.6. The molecule has 0 bridgehead atoms. The van der Waals surface area contributed by atoms with Gasteiger partial charge in [0.1, 0.15) is 11.4 Å². The van der Waals surface area contributed by atoms with Crippen molar-refractivity contribution in [2.24, 2.45) is 0 Å². The number of alkyl halides is 3. The van der Waals surface area contributed by atoms with E-state index in [0.29, 0.717) is 17.0 Å². The monoisotopic (exact) mass is 294 g/mol. The second-order valence-corrected chi connectivity index (χ2v) is 3.92. The molecule has 0 unspecified atom stereocenters. The molecule has 0 aliphatic carbocycles. The first kappa shape index (κ1) is 14.6. The Morgan fingerprint density at radius 2 is 2.05 bits per heavy atom. The maximum atomic E-state index is 12.6. The van der Waals surface area contributed by atoms with Crippen LogP contribution in [0.1, 0.15) is 11.3 Å². The van der Waals surface area contributed by atoms with Crippen molar-refractivity contribution >= 4 is 11.6 Å². The van der Waals surface area contributed by atoms with Gasteiger partial charge in [-0.25, -0.2) is 9.97 Å². The van der Waals surface area contributed by atoms with Gasteiger partial charge in [-0.2, -0.15) is 18.4 Å². The van der Waals surface area contributed by atoms with Gasteiger partial charge in [-0.05, 0) is 18.2 Å². The van der Waals surface area contributed by atoms with Crippen LogP contribution >= 0.6 is 0 Å². The van der Waals surface area contributed by atoms with E-state index in [1.165, 1.54) is 25.3 Å². The predicted molar refractivity (Wildman–Crippen MR) is 68.0 cm³/mol. The van der Waals surface area contributed by atoms with E-state index in [1.807, 2.05) is 6.07 Å². The molecule has 0 aliphatic heterocycles. The number of nitrogens with one attached hydrogen (secondary N) is 1. The van der Waals surface area contributed by atoms with Crippen LogP contribution in [-0.2, 0) is 6.18 Å². The average Bonchev–Trinajstić information content (AvgIpc) is 2.47. The fraction of sp³-hybridized carbons (Fsp3) is 0.154. The summed E-state index contributed by atoms with van der Waals surface area (Å²) >= 11 is 0. The first-order chi connectivity index (χ1) is 9.94. The van der Waals surface area contributed by atoms with Crippen LogP contribution in [-0.4, -0.2) is 17.1 Å². The third kappa shape index (κ3) is 3.39. The Balaban J connectivity index is 2.33. The molecule has 1 aromatic heterocycles. The van der Waals surface area contributed by atoms with Gasteiger partial charge in [0.25, 0.3) is 0 Å². The Bertz CT molecular complexity index is 695. The number of aromatic nitrogens is 2. The van der Waals surface area contributed by atoms with Crippen molar-refractivity contribution < 1.29 is 17.9 Å². The number of hydrogen-bond donors (Lipinski definition) is 1. The number of ether oxygens (including phenoxy) is 1. The molecule has 1 aromatic carbocycles. The lowest BCUT2D eigenvalue weighted by atomic mass is 10.2. The number of methoxy groups -OCH3 is 1. The van der Waals surface area contributed by atoms with Gasteiger partial charge in [0.2, 0.25) is 5.95 Å². The minimum absolute atomic E-state index is 0.215. The molecule has 0 saturated heterocycles. The summed E-state index contributed by atoms with van der Waals surface area (Å²) in [6.45, 7) is 0. The van der Waals surface area contributed by atoms with Gasteiger partial charge in [-0.1, -0.05) is 0 Å². The Kier molecular flexibility index (Phi) is 3.93. The normalized spacial score (nSPS) is 10.8. The highest BCUT2D eigenvalue weighted by Crippen LogP contribution is 2.30. The van der Waals surface area contributed by atoms with E-state index in [1.54, 1.807) is 0 Å². The van der Waals surface area contributed by atoms with Gasteiger partial charge in [-0.3, -0.25) is 0 Å². The van der Waals surface area contributed by atoms with Crippen molar-refractivity contribution in [1.82, 2.24) is 9.97 Å². The molecule has 5 nitrogen and oxygen atoms in total. The van der Waals surface area contributed by atoms with E-state index in [-0.39, 0.29) is 5.95 Å². The summed E-state index contributed by atoms with van der Waals surface area (Å²) in [5.41, 5.74) is -0.328. The fourth-order valence-electron chi connectivity index (χ4n) is 1.56. The van der Waals surface area contributed by atoms with Crippen molar-refractivity contribution in [1.29, 1.82) is 5.26 Å². The second-order valence-electron chi connectivity index (χ2n) is 3.92. The van der Waals surface area contributed by atoms with Crippen LogP contribution in [0, 0.1) is 11.3 Å². The molecule has 0 spiro atoms. The molecule has 0 amide bonds. The highest BCUT2D eigenvalue weighted by atomic mass is 19.4. The Labute approximate surface area is 118 Å². The summed E-state index contributed by atoms with van der Waals surface area (Å²) in [6, 6.07) is 7.17. The maximum Gasteiger partial charge on any atom is 0.433 e. The molecule has 21 heavy (non-hydrogen) atoms. The van der Waals surface area contributed by atoms with E-state index in [9.17, 15) is 13.2 Å². The van der Waals surface area contributed by atoms with Crippen LogP contribution in [0.3, 0.4) is 0 Å². The summed E-state index contributed by atoms with van der Waals surface area (Å²) in [5, 5.41) is 11.4. The van der Waals surface area contributed by atoms with Gasteiger partial charge >= 0.3 is 6.18 Å². The molecule has 8 heteroatoms. The number of anilines is 2. The van der Waals surface area contributed by atoms with Crippen LogP contribution in [0.25, 0.3) is 0 Å². The zero-order chi connectivity index (χ0) is 15.5. The molecule has 108 valence electrons. The number of nitrogens with zero attached hydrogens (tertiary/aromatic N) is 3. The molecule has 1 N–H and O–H groups in total. The van der Waals surface area contributed by atoms with E-state index in [2.05, 4.69) is 15.3 Å². The van der Waals surface area contributed by atoms with Crippen molar-refractivity contribution in [3.8, 4) is 11.8 Å². The first-order valence-electron chi connectivity index (χ1n) is 5.69. The average molecular weight is 294 g/mol. The van der Waals surface area contributed by atoms with Gasteiger partial charge in [0.05, 0.1) is 24.4 Å². The lowest BCUT2D eigenvalue weighted by Crippen LogP contribution is -2.10. The quantitative estimate of drug-likeness (QED) is 0.941. The van der Waals surface area contributed by atoms with Gasteiger partial charge in [0.15, 0.2) is 0 Å². The zero-order valence-electron chi connectivity index (χ0n) is 10.8. The van der Waals surface area contributed by atoms with E-state index in [4.69, 9.17) is 10.00 Å². The molecule has 1 heterocycles. The van der Waals surface area contributed by atoms with Crippen molar-refractivity contribution in [3.05, 3.63) is 41.7 Å². The Morgan fingerprint density at radius 3 is 2.67 bits per heavy atom. The largest absolute Gasteiger partial charge is 0.495 e. The van der Waals surface area contributed by atoms with Crippen LogP contribution in [0.15, 0.2) is 30.5 Å². The minimum atomic E-state index is -4.55. The second kappa shape index (κ2) is 5.66. The van der Waals surface area contributed by atoms with Crippen LogP contribution in [0.5, 0.6) is 5.75 Å². The number of nitriles is 1. The molecule has 0 atom stereocenters. The number of benzene rings is 1. The summed E-state index contributed by atoms with van der Waals surface area (Å²) in [7, 11) is 1.38. The summed E-state index contributed by atoms with van der Waals surface area (Å²) < 4.78 is 42.8. The zero-order valence-corrected chi connectivity index (χ0v) is 10.8. The van der Waals surface area contributed by atoms with Crippen LogP contribution in [0.4, 0.5) is 24.8 Å². The van der Waals surface area contributed by atoms with Gasteiger partial charge in [-0.15, -0.1) is 0 Å². The lowest BCUT2D eigenvalue weighted by molar-refractivity contribution is -0.141. The molecular weight excluding hydrogens is 285 g/mol.